The molecule has 1 aliphatic carbocycles. The van der Waals surface area contributed by atoms with E-state index in [4.69, 9.17) is 10.8 Å². The summed E-state index contributed by atoms with van der Waals surface area (Å²) < 4.78 is 0. The Bertz CT molecular complexity index is 286. The number of carboxylic acid groups (broad SMARTS) is 1. The molecule has 1 aliphatic rings. The topological polar surface area (TPSA) is 92.4 Å². The first-order chi connectivity index (χ1) is 8.52. The molecule has 0 aromatic heterocycles. The molecule has 5 nitrogen and oxygen atoms in total. The number of nitrogens with two attached hydrogens (primary N) is 1. The smallest absolute Gasteiger partial charge is 0.306 e. The van der Waals surface area contributed by atoms with Gasteiger partial charge in [0.2, 0.25) is 5.91 Å². The van der Waals surface area contributed by atoms with Gasteiger partial charge in [0.05, 0.1) is 5.92 Å². The fourth-order valence-electron chi connectivity index (χ4n) is 2.33. The van der Waals surface area contributed by atoms with Crippen LogP contribution in [0.25, 0.3) is 0 Å². The number of nitrogens with one attached hydrogen (secondary N) is 1. The highest BCUT2D eigenvalue weighted by atomic mass is 16.4. The molecular formula is C13H24N2O3. The van der Waals surface area contributed by atoms with E-state index in [1.165, 1.54) is 0 Å². The molecule has 0 aliphatic heterocycles. The predicted molar refractivity (Wildman–Crippen MR) is 69.0 cm³/mol. The van der Waals surface area contributed by atoms with Crippen LogP contribution < -0.4 is 11.1 Å². The van der Waals surface area contributed by atoms with Crippen LogP contribution in [0.2, 0.25) is 0 Å². The average molecular weight is 256 g/mol. The van der Waals surface area contributed by atoms with Crippen LogP contribution in [0.15, 0.2) is 0 Å². The van der Waals surface area contributed by atoms with Crippen molar-refractivity contribution < 1.29 is 14.7 Å². The summed E-state index contributed by atoms with van der Waals surface area (Å²) in [5.41, 5.74) is 5.71. The lowest BCUT2D eigenvalue weighted by Gasteiger charge is -2.26. The van der Waals surface area contributed by atoms with Crippen molar-refractivity contribution in [1.82, 2.24) is 5.32 Å². The zero-order chi connectivity index (χ0) is 13.5. The number of aliphatic carboxylic acids is 1. The number of hydrogen-bond donors (Lipinski definition) is 3. The van der Waals surface area contributed by atoms with Crippen LogP contribution in [-0.4, -0.2) is 29.6 Å². The van der Waals surface area contributed by atoms with E-state index in [2.05, 4.69) is 5.32 Å². The number of hydrogen-bond acceptors (Lipinski definition) is 3. The molecule has 0 radical (unpaired) electrons. The molecule has 1 atom stereocenters. The first-order valence-corrected chi connectivity index (χ1v) is 6.78. The van der Waals surface area contributed by atoms with Crippen molar-refractivity contribution >= 4 is 11.9 Å². The van der Waals surface area contributed by atoms with E-state index in [9.17, 15) is 9.59 Å². The summed E-state index contributed by atoms with van der Waals surface area (Å²) in [4.78, 5) is 22.3. The molecule has 5 heteroatoms. The third kappa shape index (κ3) is 5.04. The van der Waals surface area contributed by atoms with Crippen molar-refractivity contribution in [3.8, 4) is 0 Å². The van der Waals surface area contributed by atoms with Crippen LogP contribution in [0.4, 0.5) is 0 Å². The summed E-state index contributed by atoms with van der Waals surface area (Å²) >= 11 is 0. The molecule has 1 rings (SSSR count). The second kappa shape index (κ2) is 7.36. The number of carboxylic acids is 1. The molecule has 18 heavy (non-hydrogen) atoms. The van der Waals surface area contributed by atoms with E-state index < -0.39 is 5.97 Å². The molecule has 0 bridgehead atoms. The Hall–Kier alpha value is -1.10. The summed E-state index contributed by atoms with van der Waals surface area (Å²) in [6.45, 7) is 2.62. The largest absolute Gasteiger partial charge is 0.481 e. The summed E-state index contributed by atoms with van der Waals surface area (Å²) in [5.74, 6) is -0.455. The Morgan fingerprint density at radius 1 is 1.33 bits per heavy atom. The number of carbonyl (C=O) groups excluding carboxylic acids is 1. The second-order valence-electron chi connectivity index (χ2n) is 5.23. The standard InChI is InChI=1S/C13H24N2O3/c1-2-11(14)7-12(16)15-8-9-3-5-10(6-4-9)13(17)18/h9-11H,2-8,14H2,1H3,(H,15,16)(H,17,18). The quantitative estimate of drug-likeness (QED) is 0.664. The number of rotatable bonds is 6. The minimum absolute atomic E-state index is 0.00436. The molecule has 1 fully saturated rings. The summed E-state index contributed by atoms with van der Waals surface area (Å²) in [6.07, 6.45) is 4.40. The van der Waals surface area contributed by atoms with Crippen LogP contribution in [0.5, 0.6) is 0 Å². The van der Waals surface area contributed by atoms with Crippen LogP contribution in [0.3, 0.4) is 0 Å². The van der Waals surface area contributed by atoms with Crippen LogP contribution in [0, 0.1) is 11.8 Å². The second-order valence-corrected chi connectivity index (χ2v) is 5.23. The van der Waals surface area contributed by atoms with Gasteiger partial charge in [-0.1, -0.05) is 6.92 Å². The molecule has 0 aromatic carbocycles. The monoisotopic (exact) mass is 256 g/mol. The Morgan fingerprint density at radius 3 is 2.44 bits per heavy atom. The van der Waals surface area contributed by atoms with E-state index in [1.807, 2.05) is 6.92 Å². The maximum atomic E-state index is 11.5. The van der Waals surface area contributed by atoms with Crippen molar-refractivity contribution in [2.45, 2.75) is 51.5 Å². The lowest BCUT2D eigenvalue weighted by atomic mass is 9.82. The van der Waals surface area contributed by atoms with Gasteiger partial charge in [-0.05, 0) is 38.0 Å². The Balaban J connectivity index is 2.18. The van der Waals surface area contributed by atoms with E-state index >= 15 is 0 Å². The van der Waals surface area contributed by atoms with Crippen LogP contribution >= 0.6 is 0 Å². The fraction of sp³-hybridized carbons (Fsp3) is 0.846. The van der Waals surface area contributed by atoms with Gasteiger partial charge in [0.25, 0.3) is 0 Å². The third-order valence-electron chi connectivity index (χ3n) is 3.76. The molecule has 0 aromatic rings. The van der Waals surface area contributed by atoms with Crippen molar-refractivity contribution in [2.24, 2.45) is 17.6 Å². The van der Waals surface area contributed by atoms with Gasteiger partial charge in [-0.15, -0.1) is 0 Å². The Kier molecular flexibility index (Phi) is 6.12. The van der Waals surface area contributed by atoms with Crippen molar-refractivity contribution in [2.75, 3.05) is 6.54 Å². The van der Waals surface area contributed by atoms with Gasteiger partial charge in [-0.25, -0.2) is 0 Å². The number of amides is 1. The summed E-state index contributed by atoms with van der Waals surface area (Å²) in [7, 11) is 0. The van der Waals surface area contributed by atoms with Crippen LogP contribution in [-0.2, 0) is 9.59 Å². The minimum atomic E-state index is -0.689. The van der Waals surface area contributed by atoms with Gasteiger partial charge in [0.1, 0.15) is 0 Å². The van der Waals surface area contributed by atoms with Crippen molar-refractivity contribution in [3.05, 3.63) is 0 Å². The normalized spacial score (nSPS) is 25.4. The third-order valence-corrected chi connectivity index (χ3v) is 3.76. The Morgan fingerprint density at radius 2 is 1.94 bits per heavy atom. The highest BCUT2D eigenvalue weighted by Crippen LogP contribution is 2.28. The molecule has 0 saturated heterocycles. The van der Waals surface area contributed by atoms with Crippen molar-refractivity contribution in [3.63, 3.8) is 0 Å². The average Bonchev–Trinajstić information content (AvgIpc) is 2.36. The minimum Gasteiger partial charge on any atom is -0.481 e. The van der Waals surface area contributed by atoms with E-state index in [0.717, 1.165) is 32.1 Å². The molecular weight excluding hydrogens is 232 g/mol. The molecule has 0 heterocycles. The predicted octanol–water partition coefficient (Wildman–Crippen LogP) is 1.12. The zero-order valence-electron chi connectivity index (χ0n) is 11.0. The highest BCUT2D eigenvalue weighted by molar-refractivity contribution is 5.76. The molecule has 0 spiro atoms. The zero-order valence-corrected chi connectivity index (χ0v) is 11.0. The summed E-state index contributed by atoms with van der Waals surface area (Å²) in [5, 5.41) is 11.8. The molecule has 1 unspecified atom stereocenters. The van der Waals surface area contributed by atoms with E-state index in [-0.39, 0.29) is 17.9 Å². The van der Waals surface area contributed by atoms with Crippen LogP contribution in [0.1, 0.15) is 45.4 Å². The van der Waals surface area contributed by atoms with Gasteiger partial charge in [-0.2, -0.15) is 0 Å². The van der Waals surface area contributed by atoms with Gasteiger partial charge >= 0.3 is 5.97 Å². The molecule has 104 valence electrons. The van der Waals surface area contributed by atoms with Gasteiger partial charge < -0.3 is 16.2 Å². The fourth-order valence-corrected chi connectivity index (χ4v) is 2.33. The maximum absolute atomic E-state index is 11.5. The van der Waals surface area contributed by atoms with Crippen molar-refractivity contribution in [1.29, 1.82) is 0 Å². The number of carbonyl (C=O) groups is 2. The first-order valence-electron chi connectivity index (χ1n) is 6.78. The van der Waals surface area contributed by atoms with Gasteiger partial charge in [0.15, 0.2) is 0 Å². The summed E-state index contributed by atoms with van der Waals surface area (Å²) in [6, 6.07) is -0.0623. The Labute approximate surface area is 108 Å². The van der Waals surface area contributed by atoms with Gasteiger partial charge in [0, 0.05) is 19.0 Å². The molecule has 4 N–H and O–H groups in total. The SMILES string of the molecule is CCC(N)CC(=O)NCC1CCC(C(=O)O)CC1. The van der Waals surface area contributed by atoms with E-state index in [1.54, 1.807) is 0 Å². The van der Waals surface area contributed by atoms with E-state index in [0.29, 0.717) is 18.9 Å². The maximum Gasteiger partial charge on any atom is 0.306 e. The lowest BCUT2D eigenvalue weighted by molar-refractivity contribution is -0.143. The lowest BCUT2D eigenvalue weighted by Crippen LogP contribution is -2.35. The molecule has 1 saturated carbocycles. The highest BCUT2D eigenvalue weighted by Gasteiger charge is 2.25. The molecule has 1 amide bonds. The first kappa shape index (κ1) is 15.0. The van der Waals surface area contributed by atoms with Gasteiger partial charge in [-0.3, -0.25) is 9.59 Å².